The zero-order valence-electron chi connectivity index (χ0n) is 23.5. The summed E-state index contributed by atoms with van der Waals surface area (Å²) in [5, 5.41) is 12.4. The van der Waals surface area contributed by atoms with E-state index in [1.54, 1.807) is 40.2 Å². The molecule has 1 aliphatic heterocycles. The lowest BCUT2D eigenvalue weighted by Crippen LogP contribution is -2.48. The van der Waals surface area contributed by atoms with Crippen LogP contribution in [0.1, 0.15) is 54.4 Å². The number of hydrogen-bond acceptors (Lipinski definition) is 5. The van der Waals surface area contributed by atoms with Crippen molar-refractivity contribution in [3.05, 3.63) is 89.7 Å². The van der Waals surface area contributed by atoms with Gasteiger partial charge in [0, 0.05) is 43.9 Å². The van der Waals surface area contributed by atoms with Crippen molar-refractivity contribution in [3.8, 4) is 0 Å². The van der Waals surface area contributed by atoms with Gasteiger partial charge in [-0.15, -0.1) is 0 Å². The molecule has 0 aromatic heterocycles. The molecule has 4 rings (SSSR count). The Labute approximate surface area is 244 Å². The first-order valence-corrected chi connectivity index (χ1v) is 14.2. The Morgan fingerprint density at radius 2 is 1.74 bits per heavy atom. The number of unbranched alkanes of at least 4 members (excludes halogenated alkanes) is 1. The molecule has 1 fully saturated rings. The van der Waals surface area contributed by atoms with Crippen molar-refractivity contribution in [1.29, 1.82) is 0 Å². The number of benzene rings is 2. The van der Waals surface area contributed by atoms with Gasteiger partial charge in [-0.3, -0.25) is 9.59 Å². The lowest BCUT2D eigenvalue weighted by atomic mass is 9.95. The number of carbonyl (C=O) groups is 2. The smallest absolute Gasteiger partial charge is 0.414 e. The highest BCUT2D eigenvalue weighted by atomic mass is 19.4. The Kier molecular flexibility index (Phi) is 9.98. The van der Waals surface area contributed by atoms with Gasteiger partial charge < -0.3 is 26.0 Å². The Morgan fingerprint density at radius 1 is 1.02 bits per heavy atom. The number of amides is 1. The van der Waals surface area contributed by atoms with Gasteiger partial charge >= 0.3 is 12.1 Å². The summed E-state index contributed by atoms with van der Waals surface area (Å²) in [5.41, 5.74) is 9.18. The van der Waals surface area contributed by atoms with Crippen LogP contribution in [0.25, 0.3) is 5.57 Å². The molecule has 7 nitrogen and oxygen atoms in total. The summed E-state index contributed by atoms with van der Waals surface area (Å²) in [4.78, 5) is 27.8. The highest BCUT2D eigenvalue weighted by Gasteiger charge is 2.38. The van der Waals surface area contributed by atoms with Crippen LogP contribution in [0.2, 0.25) is 0 Å². The van der Waals surface area contributed by atoms with E-state index in [-0.39, 0.29) is 30.5 Å². The first-order valence-electron chi connectivity index (χ1n) is 14.2. The minimum Gasteiger partial charge on any atom is -0.481 e. The first kappa shape index (κ1) is 30.7. The molecule has 1 heterocycles. The predicted molar refractivity (Wildman–Crippen MR) is 159 cm³/mol. The van der Waals surface area contributed by atoms with Gasteiger partial charge in [-0.1, -0.05) is 49.4 Å². The number of carbonyl (C=O) groups excluding carboxylic acids is 1. The molecule has 2 aromatic carbocycles. The highest BCUT2D eigenvalue weighted by Crippen LogP contribution is 2.36. The summed E-state index contributed by atoms with van der Waals surface area (Å²) in [6.45, 7) is 5.49. The first-order chi connectivity index (χ1) is 20.0. The molecule has 1 aliphatic carbocycles. The number of hydrogen-bond donors (Lipinski definition) is 3. The molecule has 4 N–H and O–H groups in total. The molecular formula is C32H37F3N4O3. The van der Waals surface area contributed by atoms with E-state index < -0.39 is 17.7 Å². The standard InChI is InChI=1S/C32H37F3N4O3/c1-22(23-9-3-2-4-10-23)27(12-6-8-14-30(40)41)37-28-21-24(15-16-26(28)36)31(42)39-19-17-38(18-20-39)29-13-7-5-11-25(29)32(33,34)35/h2-4,7,9-10,13,15-16,21,27,37H,1,5-6,8,11-12,14,17-20,36H2,(H,40,41). The summed E-state index contributed by atoms with van der Waals surface area (Å²) in [5.74, 6) is -1.06. The van der Waals surface area contributed by atoms with Gasteiger partial charge in [0.05, 0.1) is 23.0 Å². The number of rotatable bonds is 11. The van der Waals surface area contributed by atoms with Crippen LogP contribution in [-0.4, -0.2) is 65.2 Å². The van der Waals surface area contributed by atoms with Gasteiger partial charge in [-0.25, -0.2) is 0 Å². The second-order valence-electron chi connectivity index (χ2n) is 10.6. The summed E-state index contributed by atoms with van der Waals surface area (Å²) < 4.78 is 40.7. The third kappa shape index (κ3) is 7.74. The Morgan fingerprint density at radius 3 is 2.40 bits per heavy atom. The number of allylic oxidation sites excluding steroid dienone is 3. The van der Waals surface area contributed by atoms with Crippen molar-refractivity contribution in [2.45, 2.75) is 50.7 Å². The van der Waals surface area contributed by atoms with Crippen LogP contribution in [0.15, 0.2) is 78.5 Å². The quantitative estimate of drug-likeness (QED) is 0.212. The molecule has 42 heavy (non-hydrogen) atoms. The van der Waals surface area contributed by atoms with Crippen molar-refractivity contribution in [2.24, 2.45) is 0 Å². The Hall–Kier alpha value is -4.21. The fourth-order valence-electron chi connectivity index (χ4n) is 5.38. The van der Waals surface area contributed by atoms with Gasteiger partial charge in [0.15, 0.2) is 0 Å². The molecule has 2 aliphatic rings. The molecule has 2 aromatic rings. The van der Waals surface area contributed by atoms with Gasteiger partial charge in [-0.05, 0) is 61.1 Å². The van der Waals surface area contributed by atoms with E-state index in [2.05, 4.69) is 11.9 Å². The fourth-order valence-corrected chi connectivity index (χ4v) is 5.38. The van der Waals surface area contributed by atoms with E-state index in [9.17, 15) is 22.8 Å². The molecular weight excluding hydrogens is 545 g/mol. The molecule has 224 valence electrons. The minimum absolute atomic E-state index is 0.0348. The van der Waals surface area contributed by atoms with Gasteiger partial charge in [0.2, 0.25) is 0 Å². The number of nitrogens with two attached hydrogens (primary N) is 1. The second kappa shape index (κ2) is 13.6. The topological polar surface area (TPSA) is 98.9 Å². The number of piperazine rings is 1. The third-order valence-electron chi connectivity index (χ3n) is 7.72. The third-order valence-corrected chi connectivity index (χ3v) is 7.72. The monoisotopic (exact) mass is 582 g/mol. The Bertz CT molecular complexity index is 1350. The van der Waals surface area contributed by atoms with E-state index in [0.29, 0.717) is 68.8 Å². The van der Waals surface area contributed by atoms with E-state index in [1.807, 2.05) is 30.3 Å². The van der Waals surface area contributed by atoms with Gasteiger partial charge in [0.25, 0.3) is 5.91 Å². The van der Waals surface area contributed by atoms with Crippen LogP contribution in [0.5, 0.6) is 0 Å². The van der Waals surface area contributed by atoms with Crippen LogP contribution in [0, 0.1) is 0 Å². The normalized spacial score (nSPS) is 16.4. The van der Waals surface area contributed by atoms with Crippen LogP contribution in [0.4, 0.5) is 24.5 Å². The molecule has 10 heteroatoms. The van der Waals surface area contributed by atoms with Crippen molar-refractivity contribution < 1.29 is 27.9 Å². The van der Waals surface area contributed by atoms with Crippen molar-refractivity contribution in [3.63, 3.8) is 0 Å². The SMILES string of the molecule is C=C(c1ccccc1)C(CCCCC(=O)O)Nc1cc(C(=O)N2CCN(C3=C(C(F)(F)F)CCC=C3)CC2)ccc1N. The maximum Gasteiger partial charge on any atom is 0.414 e. The number of carboxylic acids is 1. The maximum atomic E-state index is 13.6. The number of nitrogens with one attached hydrogen (secondary N) is 1. The number of nitrogen functional groups attached to an aromatic ring is 1. The number of aliphatic carboxylic acids is 1. The number of halogens is 3. The van der Waals surface area contributed by atoms with E-state index in [0.717, 1.165) is 11.1 Å². The van der Waals surface area contributed by atoms with Gasteiger partial charge in [-0.2, -0.15) is 13.2 Å². The summed E-state index contributed by atoms with van der Waals surface area (Å²) >= 11 is 0. The second-order valence-corrected chi connectivity index (χ2v) is 10.6. The maximum absolute atomic E-state index is 13.6. The highest BCUT2D eigenvalue weighted by molar-refractivity contribution is 5.96. The van der Waals surface area contributed by atoms with Crippen LogP contribution in [0.3, 0.4) is 0 Å². The average Bonchev–Trinajstić information content (AvgIpc) is 2.99. The summed E-state index contributed by atoms with van der Waals surface area (Å²) in [7, 11) is 0. The lowest BCUT2D eigenvalue weighted by Gasteiger charge is -2.38. The molecule has 1 saturated heterocycles. The van der Waals surface area contributed by atoms with Crippen molar-refractivity contribution in [2.75, 3.05) is 37.2 Å². The predicted octanol–water partition coefficient (Wildman–Crippen LogP) is 6.33. The molecule has 0 saturated carbocycles. The molecule has 0 spiro atoms. The minimum atomic E-state index is -4.37. The number of alkyl halides is 3. The molecule has 1 amide bonds. The molecule has 0 bridgehead atoms. The zero-order valence-corrected chi connectivity index (χ0v) is 23.5. The molecule has 1 atom stereocenters. The van der Waals surface area contributed by atoms with Crippen molar-refractivity contribution >= 4 is 28.8 Å². The largest absolute Gasteiger partial charge is 0.481 e. The number of nitrogens with zero attached hydrogens (tertiary/aromatic N) is 2. The fraction of sp³-hybridized carbons (Fsp3) is 0.375. The van der Waals surface area contributed by atoms with Crippen LogP contribution in [-0.2, 0) is 4.79 Å². The van der Waals surface area contributed by atoms with E-state index in [4.69, 9.17) is 10.8 Å². The molecule has 0 radical (unpaired) electrons. The van der Waals surface area contributed by atoms with Crippen LogP contribution < -0.4 is 11.1 Å². The Balaban J connectivity index is 1.46. The van der Waals surface area contributed by atoms with E-state index in [1.165, 1.54) is 0 Å². The summed E-state index contributed by atoms with van der Waals surface area (Å²) in [6.07, 6.45) is 1.13. The summed E-state index contributed by atoms with van der Waals surface area (Å²) in [6, 6.07) is 14.4. The molecule has 1 unspecified atom stereocenters. The number of anilines is 2. The van der Waals surface area contributed by atoms with Gasteiger partial charge in [0.1, 0.15) is 0 Å². The number of carboxylic acid groups (broad SMARTS) is 1. The average molecular weight is 583 g/mol. The van der Waals surface area contributed by atoms with Crippen molar-refractivity contribution in [1.82, 2.24) is 9.80 Å². The zero-order chi connectivity index (χ0) is 30.3. The lowest BCUT2D eigenvalue weighted by molar-refractivity contribution is -0.137. The van der Waals surface area contributed by atoms with E-state index >= 15 is 0 Å². The van der Waals surface area contributed by atoms with Crippen LogP contribution >= 0.6 is 0 Å².